The van der Waals surface area contributed by atoms with Gasteiger partial charge in [-0.3, -0.25) is 0 Å². The molecule has 0 bridgehead atoms. The molecular formula is C8H6ClF2N3. The summed E-state index contributed by atoms with van der Waals surface area (Å²) >= 11 is 5.49. The maximum atomic E-state index is 12.4. The van der Waals surface area contributed by atoms with Crippen molar-refractivity contribution in [1.82, 2.24) is 4.98 Å². The summed E-state index contributed by atoms with van der Waals surface area (Å²) in [6.45, 7) is 0. The van der Waals surface area contributed by atoms with Gasteiger partial charge in [-0.25, -0.2) is 13.8 Å². The topological polar surface area (TPSA) is 62.7 Å². The molecule has 0 saturated heterocycles. The van der Waals surface area contributed by atoms with Gasteiger partial charge in [0.2, 0.25) is 0 Å². The Balaban J connectivity index is 3.26. The highest BCUT2D eigenvalue weighted by Gasteiger charge is 2.16. The predicted octanol–water partition coefficient (Wildman–Crippen LogP) is 2.32. The molecule has 0 saturated carbocycles. The first-order valence-corrected chi connectivity index (χ1v) is 4.04. The van der Waals surface area contributed by atoms with Crippen molar-refractivity contribution in [2.24, 2.45) is 0 Å². The van der Waals surface area contributed by atoms with Crippen LogP contribution < -0.4 is 5.73 Å². The molecule has 0 aliphatic rings. The number of halogens is 3. The second-order valence-corrected chi connectivity index (χ2v) is 2.92. The fraction of sp³-hybridized carbons (Fsp3) is 0.250. The Morgan fingerprint density at radius 1 is 1.64 bits per heavy atom. The molecule has 1 heterocycles. The van der Waals surface area contributed by atoms with Crippen LogP contribution >= 0.6 is 11.6 Å². The molecule has 0 unspecified atom stereocenters. The molecule has 0 amide bonds. The lowest BCUT2D eigenvalue weighted by molar-refractivity contribution is 0.152. The average molecular weight is 218 g/mol. The molecule has 0 aliphatic carbocycles. The minimum Gasteiger partial charge on any atom is -0.397 e. The van der Waals surface area contributed by atoms with E-state index < -0.39 is 6.43 Å². The number of anilines is 1. The zero-order valence-electron chi connectivity index (χ0n) is 6.97. The lowest BCUT2D eigenvalue weighted by Crippen LogP contribution is -2.03. The Labute approximate surface area is 84.1 Å². The van der Waals surface area contributed by atoms with Crippen LogP contribution in [0.15, 0.2) is 6.07 Å². The minimum atomic E-state index is -2.71. The van der Waals surface area contributed by atoms with Crippen LogP contribution in [0.3, 0.4) is 0 Å². The highest BCUT2D eigenvalue weighted by Crippen LogP contribution is 2.29. The summed E-state index contributed by atoms with van der Waals surface area (Å²) in [4.78, 5) is 3.69. The zero-order valence-corrected chi connectivity index (χ0v) is 7.72. The number of nitrogens with zero attached hydrogens (tertiary/aromatic N) is 2. The van der Waals surface area contributed by atoms with Crippen LogP contribution in [0.5, 0.6) is 0 Å². The number of nitriles is 1. The molecule has 74 valence electrons. The van der Waals surface area contributed by atoms with Gasteiger partial charge in [0.15, 0.2) is 0 Å². The van der Waals surface area contributed by atoms with Crippen molar-refractivity contribution in [2.75, 3.05) is 5.73 Å². The van der Waals surface area contributed by atoms with E-state index in [-0.39, 0.29) is 28.5 Å². The molecular weight excluding hydrogens is 212 g/mol. The molecule has 1 aromatic rings. The molecule has 2 N–H and O–H groups in total. The van der Waals surface area contributed by atoms with Crippen molar-refractivity contribution >= 4 is 17.3 Å². The largest absolute Gasteiger partial charge is 0.397 e. The molecule has 14 heavy (non-hydrogen) atoms. The van der Waals surface area contributed by atoms with Crippen molar-refractivity contribution < 1.29 is 8.78 Å². The van der Waals surface area contributed by atoms with Gasteiger partial charge in [-0.15, -0.1) is 0 Å². The van der Waals surface area contributed by atoms with Gasteiger partial charge in [-0.2, -0.15) is 5.26 Å². The van der Waals surface area contributed by atoms with Crippen LogP contribution in [-0.4, -0.2) is 4.98 Å². The van der Waals surface area contributed by atoms with Gasteiger partial charge in [0.1, 0.15) is 5.15 Å². The van der Waals surface area contributed by atoms with Crippen LogP contribution in [0.2, 0.25) is 5.15 Å². The molecule has 6 heteroatoms. The molecule has 0 aromatic carbocycles. The van der Waals surface area contributed by atoms with Gasteiger partial charge in [0, 0.05) is 5.56 Å². The SMILES string of the molecule is N#CCc1nc(Cl)cc(C(F)F)c1N. The van der Waals surface area contributed by atoms with Gasteiger partial charge in [-0.1, -0.05) is 11.6 Å². The number of hydrogen-bond donors (Lipinski definition) is 1. The third-order valence-electron chi connectivity index (χ3n) is 1.62. The number of nitrogens with two attached hydrogens (primary N) is 1. The van der Waals surface area contributed by atoms with E-state index in [9.17, 15) is 8.78 Å². The fourth-order valence-corrected chi connectivity index (χ4v) is 1.20. The number of rotatable bonds is 2. The van der Waals surface area contributed by atoms with E-state index in [1.54, 1.807) is 6.07 Å². The monoisotopic (exact) mass is 217 g/mol. The Bertz CT molecular complexity index is 387. The quantitative estimate of drug-likeness (QED) is 0.774. The first-order chi connectivity index (χ1) is 6.56. The number of nitrogen functional groups attached to an aromatic ring is 1. The van der Waals surface area contributed by atoms with E-state index in [0.717, 1.165) is 6.07 Å². The molecule has 0 radical (unpaired) electrons. The van der Waals surface area contributed by atoms with Crippen LogP contribution in [0.25, 0.3) is 0 Å². The van der Waals surface area contributed by atoms with Crippen molar-refractivity contribution in [3.05, 3.63) is 22.5 Å². The highest BCUT2D eigenvalue weighted by atomic mass is 35.5. The van der Waals surface area contributed by atoms with Crippen LogP contribution in [0, 0.1) is 11.3 Å². The second-order valence-electron chi connectivity index (χ2n) is 2.53. The van der Waals surface area contributed by atoms with Crippen LogP contribution in [0.4, 0.5) is 14.5 Å². The van der Waals surface area contributed by atoms with Gasteiger partial charge >= 0.3 is 0 Å². The number of aromatic nitrogens is 1. The Hall–Kier alpha value is -1.41. The maximum absolute atomic E-state index is 12.4. The first kappa shape index (κ1) is 10.7. The molecule has 1 aromatic heterocycles. The summed E-state index contributed by atoms with van der Waals surface area (Å²) in [5, 5.41) is 8.30. The molecule has 3 nitrogen and oxygen atoms in total. The number of hydrogen-bond acceptors (Lipinski definition) is 3. The van der Waals surface area contributed by atoms with Crippen LogP contribution in [-0.2, 0) is 6.42 Å². The van der Waals surface area contributed by atoms with E-state index >= 15 is 0 Å². The van der Waals surface area contributed by atoms with Gasteiger partial charge in [-0.05, 0) is 6.07 Å². The Morgan fingerprint density at radius 3 is 2.79 bits per heavy atom. The Morgan fingerprint density at radius 2 is 2.29 bits per heavy atom. The fourth-order valence-electron chi connectivity index (χ4n) is 0.984. The lowest BCUT2D eigenvalue weighted by atomic mass is 10.1. The third-order valence-corrected chi connectivity index (χ3v) is 1.81. The molecule has 0 atom stereocenters. The van der Waals surface area contributed by atoms with E-state index in [0.29, 0.717) is 0 Å². The first-order valence-electron chi connectivity index (χ1n) is 3.66. The predicted molar refractivity (Wildman–Crippen MR) is 47.9 cm³/mol. The molecule has 1 rings (SSSR count). The number of alkyl halides is 2. The van der Waals surface area contributed by atoms with E-state index in [4.69, 9.17) is 22.6 Å². The van der Waals surface area contributed by atoms with Gasteiger partial charge in [0.05, 0.1) is 23.9 Å². The summed E-state index contributed by atoms with van der Waals surface area (Å²) < 4.78 is 24.8. The average Bonchev–Trinajstić information content (AvgIpc) is 2.10. The summed E-state index contributed by atoms with van der Waals surface area (Å²) in [5.74, 6) is 0. The van der Waals surface area contributed by atoms with E-state index in [1.165, 1.54) is 0 Å². The van der Waals surface area contributed by atoms with Crippen molar-refractivity contribution in [3.8, 4) is 6.07 Å². The summed E-state index contributed by atoms with van der Waals surface area (Å²) in [5.41, 5.74) is 4.94. The summed E-state index contributed by atoms with van der Waals surface area (Å²) in [7, 11) is 0. The molecule has 0 aliphatic heterocycles. The molecule has 0 spiro atoms. The van der Waals surface area contributed by atoms with Crippen molar-refractivity contribution in [2.45, 2.75) is 12.8 Å². The normalized spacial score (nSPS) is 10.2. The van der Waals surface area contributed by atoms with E-state index in [1.807, 2.05) is 0 Å². The van der Waals surface area contributed by atoms with Gasteiger partial charge < -0.3 is 5.73 Å². The van der Waals surface area contributed by atoms with Crippen molar-refractivity contribution in [3.63, 3.8) is 0 Å². The van der Waals surface area contributed by atoms with Crippen molar-refractivity contribution in [1.29, 1.82) is 5.26 Å². The number of pyridine rings is 1. The van der Waals surface area contributed by atoms with E-state index in [2.05, 4.69) is 4.98 Å². The zero-order chi connectivity index (χ0) is 10.7. The lowest BCUT2D eigenvalue weighted by Gasteiger charge is -2.07. The second kappa shape index (κ2) is 4.20. The maximum Gasteiger partial charge on any atom is 0.266 e. The standard InChI is InChI=1S/C8H6ClF2N3/c9-6-3-4(8(10)11)7(13)5(14-6)1-2-12/h3,8H,1,13H2. The minimum absolute atomic E-state index is 0.0836. The summed E-state index contributed by atoms with van der Waals surface area (Å²) in [6, 6.07) is 2.77. The van der Waals surface area contributed by atoms with Crippen LogP contribution in [0.1, 0.15) is 17.7 Å². The summed E-state index contributed by atoms with van der Waals surface area (Å²) in [6.07, 6.45) is -2.85. The smallest absolute Gasteiger partial charge is 0.266 e. The van der Waals surface area contributed by atoms with Gasteiger partial charge in [0.25, 0.3) is 6.43 Å². The molecule has 0 fully saturated rings. The Kier molecular flexibility index (Phi) is 3.20. The third kappa shape index (κ3) is 2.09. The highest BCUT2D eigenvalue weighted by molar-refractivity contribution is 6.29.